The monoisotopic (exact) mass is 270 g/mol. The van der Waals surface area contributed by atoms with E-state index in [0.717, 1.165) is 5.56 Å². The molecule has 4 nitrogen and oxygen atoms in total. The summed E-state index contributed by atoms with van der Waals surface area (Å²) >= 11 is 6.13. The van der Waals surface area contributed by atoms with E-state index in [1.807, 2.05) is 6.07 Å². The molecule has 1 aromatic heterocycles. The SMILES string of the molecule is CC(C)(C)NCc1cc(OC2COC2)ncc1Cl. The first-order valence-corrected chi connectivity index (χ1v) is 6.46. The zero-order chi connectivity index (χ0) is 13.2. The molecule has 1 saturated heterocycles. The molecular formula is C13H19ClN2O2. The quantitative estimate of drug-likeness (QED) is 0.912. The van der Waals surface area contributed by atoms with Crippen LogP contribution in [0.3, 0.4) is 0 Å². The Hall–Kier alpha value is -0.840. The lowest BCUT2D eigenvalue weighted by Gasteiger charge is -2.26. The average molecular weight is 271 g/mol. The minimum Gasteiger partial charge on any atom is -0.469 e. The van der Waals surface area contributed by atoms with E-state index in [1.54, 1.807) is 6.20 Å². The van der Waals surface area contributed by atoms with E-state index in [9.17, 15) is 0 Å². The molecule has 1 fully saturated rings. The largest absolute Gasteiger partial charge is 0.469 e. The molecule has 1 aliphatic heterocycles. The number of rotatable bonds is 4. The fourth-order valence-electron chi connectivity index (χ4n) is 1.47. The average Bonchev–Trinajstić information content (AvgIpc) is 2.22. The van der Waals surface area contributed by atoms with Crippen molar-refractivity contribution in [1.82, 2.24) is 10.3 Å². The molecule has 0 spiro atoms. The molecule has 0 amide bonds. The highest BCUT2D eigenvalue weighted by molar-refractivity contribution is 6.31. The number of ether oxygens (including phenoxy) is 2. The maximum atomic E-state index is 6.13. The lowest BCUT2D eigenvalue weighted by atomic mass is 10.1. The van der Waals surface area contributed by atoms with Gasteiger partial charge in [-0.3, -0.25) is 0 Å². The summed E-state index contributed by atoms with van der Waals surface area (Å²) in [6, 6.07) is 1.89. The molecule has 100 valence electrons. The molecule has 2 heterocycles. The van der Waals surface area contributed by atoms with Crippen molar-refractivity contribution in [3.8, 4) is 5.88 Å². The highest BCUT2D eigenvalue weighted by atomic mass is 35.5. The van der Waals surface area contributed by atoms with Crippen molar-refractivity contribution in [3.05, 3.63) is 22.8 Å². The van der Waals surface area contributed by atoms with Gasteiger partial charge < -0.3 is 14.8 Å². The molecule has 1 N–H and O–H groups in total. The van der Waals surface area contributed by atoms with Gasteiger partial charge in [0.1, 0.15) is 6.10 Å². The van der Waals surface area contributed by atoms with Gasteiger partial charge in [-0.25, -0.2) is 4.98 Å². The van der Waals surface area contributed by atoms with Crippen LogP contribution in [0.15, 0.2) is 12.3 Å². The van der Waals surface area contributed by atoms with Crippen molar-refractivity contribution < 1.29 is 9.47 Å². The molecule has 0 unspecified atom stereocenters. The van der Waals surface area contributed by atoms with Gasteiger partial charge in [-0.1, -0.05) is 11.6 Å². The maximum absolute atomic E-state index is 6.13. The van der Waals surface area contributed by atoms with Gasteiger partial charge in [0.15, 0.2) is 0 Å². The Morgan fingerprint density at radius 3 is 2.78 bits per heavy atom. The van der Waals surface area contributed by atoms with E-state index in [0.29, 0.717) is 30.7 Å². The van der Waals surface area contributed by atoms with E-state index >= 15 is 0 Å². The van der Waals surface area contributed by atoms with Crippen LogP contribution >= 0.6 is 11.6 Å². The van der Waals surface area contributed by atoms with Crippen LogP contribution in [0.25, 0.3) is 0 Å². The molecule has 18 heavy (non-hydrogen) atoms. The van der Waals surface area contributed by atoms with Crippen molar-refractivity contribution in [2.75, 3.05) is 13.2 Å². The van der Waals surface area contributed by atoms with Gasteiger partial charge in [0, 0.05) is 24.3 Å². The molecule has 0 saturated carbocycles. The smallest absolute Gasteiger partial charge is 0.214 e. The molecule has 0 atom stereocenters. The highest BCUT2D eigenvalue weighted by Gasteiger charge is 2.21. The third kappa shape index (κ3) is 3.83. The topological polar surface area (TPSA) is 43.4 Å². The lowest BCUT2D eigenvalue weighted by Crippen LogP contribution is -2.38. The van der Waals surface area contributed by atoms with Crippen molar-refractivity contribution >= 4 is 11.6 Å². The summed E-state index contributed by atoms with van der Waals surface area (Å²) in [5.74, 6) is 0.610. The molecule has 1 aliphatic rings. The second-order valence-electron chi connectivity index (χ2n) is 5.49. The fourth-order valence-corrected chi connectivity index (χ4v) is 1.64. The van der Waals surface area contributed by atoms with Crippen LogP contribution in [-0.2, 0) is 11.3 Å². The van der Waals surface area contributed by atoms with Gasteiger partial charge in [0.25, 0.3) is 0 Å². The van der Waals surface area contributed by atoms with E-state index in [-0.39, 0.29) is 11.6 Å². The predicted molar refractivity (Wildman–Crippen MR) is 71.1 cm³/mol. The van der Waals surface area contributed by atoms with Gasteiger partial charge in [0.05, 0.1) is 18.2 Å². The number of aromatic nitrogens is 1. The second-order valence-corrected chi connectivity index (χ2v) is 5.90. The Bertz CT molecular complexity index is 414. The Balaban J connectivity index is 2.01. The molecular weight excluding hydrogens is 252 g/mol. The normalized spacial score (nSPS) is 16.4. The molecule has 0 aliphatic carbocycles. The third-order valence-electron chi connectivity index (χ3n) is 2.61. The van der Waals surface area contributed by atoms with Crippen LogP contribution < -0.4 is 10.1 Å². The van der Waals surface area contributed by atoms with Crippen molar-refractivity contribution in [3.63, 3.8) is 0 Å². The van der Waals surface area contributed by atoms with Crippen LogP contribution in [0.4, 0.5) is 0 Å². The zero-order valence-corrected chi connectivity index (χ0v) is 11.8. The summed E-state index contributed by atoms with van der Waals surface area (Å²) in [7, 11) is 0. The Morgan fingerprint density at radius 2 is 2.22 bits per heavy atom. The minimum absolute atomic E-state index is 0.0510. The number of nitrogens with zero attached hydrogens (tertiary/aromatic N) is 1. The number of hydrogen-bond donors (Lipinski definition) is 1. The number of hydrogen-bond acceptors (Lipinski definition) is 4. The first-order valence-electron chi connectivity index (χ1n) is 6.08. The lowest BCUT2D eigenvalue weighted by molar-refractivity contribution is -0.0813. The number of nitrogens with one attached hydrogen (secondary N) is 1. The van der Waals surface area contributed by atoms with Crippen molar-refractivity contribution in [2.45, 2.75) is 39.0 Å². The highest BCUT2D eigenvalue weighted by Crippen LogP contribution is 2.21. The molecule has 0 bridgehead atoms. The summed E-state index contributed by atoms with van der Waals surface area (Å²) in [5, 5.41) is 4.05. The summed E-state index contributed by atoms with van der Waals surface area (Å²) in [5.41, 5.74) is 1.05. The van der Waals surface area contributed by atoms with Crippen LogP contribution in [0.5, 0.6) is 5.88 Å². The van der Waals surface area contributed by atoms with Gasteiger partial charge in [-0.15, -0.1) is 0 Å². The summed E-state index contributed by atoms with van der Waals surface area (Å²) in [6.45, 7) is 8.32. The third-order valence-corrected chi connectivity index (χ3v) is 2.95. The predicted octanol–water partition coefficient (Wildman–Crippen LogP) is 2.40. The Morgan fingerprint density at radius 1 is 1.50 bits per heavy atom. The van der Waals surface area contributed by atoms with Gasteiger partial charge in [-0.05, 0) is 26.3 Å². The van der Waals surface area contributed by atoms with E-state index in [2.05, 4.69) is 31.1 Å². The summed E-state index contributed by atoms with van der Waals surface area (Å²) in [4.78, 5) is 4.17. The first kappa shape index (κ1) is 13.6. The molecule has 0 aromatic carbocycles. The molecule has 2 rings (SSSR count). The standard InChI is InChI=1S/C13H19ClN2O2/c1-13(2,3)16-5-9-4-12(15-6-11(9)14)18-10-7-17-8-10/h4,6,10,16H,5,7-8H2,1-3H3. The summed E-state index contributed by atoms with van der Waals surface area (Å²) < 4.78 is 10.7. The van der Waals surface area contributed by atoms with Crippen LogP contribution in [0.2, 0.25) is 5.02 Å². The van der Waals surface area contributed by atoms with E-state index < -0.39 is 0 Å². The Kier molecular flexibility index (Phi) is 4.10. The summed E-state index contributed by atoms with van der Waals surface area (Å²) in [6.07, 6.45) is 1.76. The number of pyridine rings is 1. The first-order chi connectivity index (χ1) is 8.44. The zero-order valence-electron chi connectivity index (χ0n) is 11.0. The van der Waals surface area contributed by atoms with Gasteiger partial charge in [-0.2, -0.15) is 0 Å². The molecule has 1 aromatic rings. The minimum atomic E-state index is 0.0510. The van der Waals surface area contributed by atoms with Gasteiger partial charge in [0.2, 0.25) is 5.88 Å². The second kappa shape index (κ2) is 5.43. The maximum Gasteiger partial charge on any atom is 0.214 e. The fraction of sp³-hybridized carbons (Fsp3) is 0.615. The Labute approximate surface area is 113 Å². The van der Waals surface area contributed by atoms with Crippen LogP contribution in [-0.4, -0.2) is 29.8 Å². The van der Waals surface area contributed by atoms with Crippen LogP contribution in [0, 0.1) is 0 Å². The van der Waals surface area contributed by atoms with E-state index in [1.165, 1.54) is 0 Å². The van der Waals surface area contributed by atoms with Crippen molar-refractivity contribution in [1.29, 1.82) is 0 Å². The number of halogens is 1. The molecule has 5 heteroatoms. The van der Waals surface area contributed by atoms with Gasteiger partial charge >= 0.3 is 0 Å². The van der Waals surface area contributed by atoms with Crippen LogP contribution in [0.1, 0.15) is 26.3 Å². The van der Waals surface area contributed by atoms with E-state index in [4.69, 9.17) is 21.1 Å². The molecule has 0 radical (unpaired) electrons. The van der Waals surface area contributed by atoms with Crippen molar-refractivity contribution in [2.24, 2.45) is 0 Å².